The fourth-order valence-electron chi connectivity index (χ4n) is 4.72. The van der Waals surface area contributed by atoms with Crippen LogP contribution in [-0.2, 0) is 16.1 Å². The Kier molecular flexibility index (Phi) is 8.46. The largest absolute Gasteiger partial charge is 0.351 e. The topological polar surface area (TPSA) is 52.7 Å². The van der Waals surface area contributed by atoms with Gasteiger partial charge in [0, 0.05) is 37.8 Å². The Morgan fingerprint density at radius 3 is 2.33 bits per heavy atom. The van der Waals surface area contributed by atoms with Crippen LogP contribution >= 0.6 is 11.8 Å². The molecule has 2 unspecified atom stereocenters. The van der Waals surface area contributed by atoms with Crippen LogP contribution in [0.15, 0.2) is 60.7 Å². The molecular weight excluding hydrogens is 430 g/mol. The third-order valence-corrected chi connectivity index (χ3v) is 7.93. The Balaban J connectivity index is 1.35. The van der Waals surface area contributed by atoms with Gasteiger partial charge in [0.15, 0.2) is 0 Å². The summed E-state index contributed by atoms with van der Waals surface area (Å²) in [5, 5.41) is 3.20. The Hall–Kier alpha value is -2.31. The molecule has 0 bridgehead atoms. The van der Waals surface area contributed by atoms with Crippen LogP contribution in [0.3, 0.4) is 0 Å². The minimum atomic E-state index is -0.396. The van der Waals surface area contributed by atoms with E-state index >= 15 is 0 Å². The zero-order valence-electron chi connectivity index (χ0n) is 19.5. The number of rotatable bonds is 8. The van der Waals surface area contributed by atoms with Gasteiger partial charge >= 0.3 is 0 Å². The molecular formula is C27H35N3O2S. The molecule has 2 aromatic carbocycles. The lowest BCUT2D eigenvalue weighted by Crippen LogP contribution is -2.52. The van der Waals surface area contributed by atoms with Crippen LogP contribution in [0.5, 0.6) is 0 Å². The molecule has 0 aliphatic carbocycles. The summed E-state index contributed by atoms with van der Waals surface area (Å²) in [7, 11) is 0. The number of nitrogens with zero attached hydrogens (tertiary/aromatic N) is 2. The van der Waals surface area contributed by atoms with Gasteiger partial charge in [0.05, 0.1) is 0 Å². The minimum absolute atomic E-state index is 0.00675. The summed E-state index contributed by atoms with van der Waals surface area (Å²) in [5.41, 5.74) is 2.42. The van der Waals surface area contributed by atoms with E-state index in [1.54, 1.807) is 11.8 Å². The third-order valence-electron chi connectivity index (χ3n) is 6.60. The summed E-state index contributed by atoms with van der Waals surface area (Å²) < 4.78 is 0. The number of unbranched alkanes of at least 4 members (excludes halogenated alkanes) is 1. The molecule has 5 nitrogen and oxygen atoms in total. The van der Waals surface area contributed by atoms with Gasteiger partial charge in [0.1, 0.15) is 11.4 Å². The van der Waals surface area contributed by atoms with Crippen LogP contribution in [0, 0.1) is 0 Å². The Bertz CT molecular complexity index is 900. The highest BCUT2D eigenvalue weighted by molar-refractivity contribution is 7.99. The molecule has 0 radical (unpaired) electrons. The van der Waals surface area contributed by atoms with Crippen LogP contribution in [0.4, 0.5) is 0 Å². The Morgan fingerprint density at radius 2 is 1.67 bits per heavy atom. The smallest absolute Gasteiger partial charge is 0.243 e. The highest BCUT2D eigenvalue weighted by Gasteiger charge is 2.42. The molecule has 2 aliphatic rings. The number of amides is 2. The summed E-state index contributed by atoms with van der Waals surface area (Å²) in [6, 6.07) is 20.4. The molecule has 6 heteroatoms. The second-order valence-corrected chi connectivity index (χ2v) is 10.2. The van der Waals surface area contributed by atoms with Crippen molar-refractivity contribution >= 4 is 23.6 Å². The standard InChI is InChI=1S/C27H35N3O2S/c1-2-3-14-25(31)30-24(20-33-27(30)22-12-8-5-9-13-22)26(32)28-23-15-17-29(18-16-23)19-21-10-6-4-7-11-21/h4-13,23-24,27H,2-3,14-20H2,1H3,(H,28,32). The van der Waals surface area contributed by atoms with Gasteiger partial charge in [-0.3, -0.25) is 14.5 Å². The van der Waals surface area contributed by atoms with Crippen molar-refractivity contribution in [2.75, 3.05) is 18.8 Å². The lowest BCUT2D eigenvalue weighted by molar-refractivity contribution is -0.140. The number of carbonyl (C=O) groups is 2. The van der Waals surface area contributed by atoms with Crippen molar-refractivity contribution in [1.29, 1.82) is 0 Å². The first-order valence-electron chi connectivity index (χ1n) is 12.2. The van der Waals surface area contributed by atoms with Gasteiger partial charge in [-0.05, 0) is 30.4 Å². The second-order valence-electron chi connectivity index (χ2n) is 9.06. The average molecular weight is 466 g/mol. The van der Waals surface area contributed by atoms with E-state index in [0.717, 1.165) is 50.9 Å². The predicted octanol–water partition coefficient (Wildman–Crippen LogP) is 4.60. The number of hydrogen-bond donors (Lipinski definition) is 1. The molecule has 33 heavy (non-hydrogen) atoms. The molecule has 0 spiro atoms. The van der Waals surface area contributed by atoms with E-state index < -0.39 is 6.04 Å². The van der Waals surface area contributed by atoms with Gasteiger partial charge in [0.2, 0.25) is 11.8 Å². The maximum Gasteiger partial charge on any atom is 0.243 e. The first-order valence-corrected chi connectivity index (χ1v) is 13.2. The van der Waals surface area contributed by atoms with Crippen molar-refractivity contribution in [3.8, 4) is 0 Å². The summed E-state index contributed by atoms with van der Waals surface area (Å²) in [6.45, 7) is 5.00. The van der Waals surface area contributed by atoms with Gasteiger partial charge in [-0.1, -0.05) is 74.0 Å². The van der Waals surface area contributed by atoms with E-state index in [1.165, 1.54) is 5.56 Å². The van der Waals surface area contributed by atoms with E-state index in [2.05, 4.69) is 53.5 Å². The number of likely N-dealkylation sites (tertiary alicyclic amines) is 1. The molecule has 1 N–H and O–H groups in total. The molecule has 2 aliphatic heterocycles. The molecule has 2 aromatic rings. The van der Waals surface area contributed by atoms with Crippen molar-refractivity contribution in [2.45, 2.75) is 63.0 Å². The number of benzene rings is 2. The average Bonchev–Trinajstić information content (AvgIpc) is 3.30. The number of piperidine rings is 1. The first kappa shape index (κ1) is 23.8. The van der Waals surface area contributed by atoms with Crippen molar-refractivity contribution in [3.05, 3.63) is 71.8 Å². The molecule has 2 atom stereocenters. The zero-order valence-corrected chi connectivity index (χ0v) is 20.3. The zero-order chi connectivity index (χ0) is 23.0. The lowest BCUT2D eigenvalue weighted by Gasteiger charge is -2.34. The SMILES string of the molecule is CCCCC(=O)N1C(C(=O)NC2CCN(Cc3ccccc3)CC2)CSC1c1ccccc1. The van der Waals surface area contributed by atoms with Crippen molar-refractivity contribution in [3.63, 3.8) is 0 Å². The molecule has 4 rings (SSSR count). The monoisotopic (exact) mass is 465 g/mol. The van der Waals surface area contributed by atoms with Crippen LogP contribution in [0.2, 0.25) is 0 Å². The first-order chi connectivity index (χ1) is 16.2. The van der Waals surface area contributed by atoms with E-state index in [4.69, 9.17) is 0 Å². The summed E-state index contributed by atoms with van der Waals surface area (Å²) in [5.74, 6) is 0.747. The molecule has 2 heterocycles. The normalized spacial score (nSPS) is 21.8. The quantitative estimate of drug-likeness (QED) is 0.619. The van der Waals surface area contributed by atoms with Crippen molar-refractivity contribution in [1.82, 2.24) is 15.1 Å². The second kappa shape index (κ2) is 11.7. The van der Waals surface area contributed by atoms with Crippen LogP contribution in [0.1, 0.15) is 55.5 Å². The predicted molar refractivity (Wildman–Crippen MR) is 135 cm³/mol. The molecule has 2 amide bonds. The molecule has 2 saturated heterocycles. The van der Waals surface area contributed by atoms with E-state index in [1.807, 2.05) is 29.2 Å². The highest BCUT2D eigenvalue weighted by atomic mass is 32.2. The summed E-state index contributed by atoms with van der Waals surface area (Å²) in [6.07, 6.45) is 4.23. The van der Waals surface area contributed by atoms with Crippen LogP contribution in [0.25, 0.3) is 0 Å². The fourth-order valence-corrected chi connectivity index (χ4v) is 6.17. The van der Waals surface area contributed by atoms with Gasteiger partial charge in [-0.25, -0.2) is 0 Å². The highest BCUT2D eigenvalue weighted by Crippen LogP contribution is 2.42. The third kappa shape index (κ3) is 6.18. The van der Waals surface area contributed by atoms with E-state index in [0.29, 0.717) is 12.2 Å². The van der Waals surface area contributed by atoms with Gasteiger partial charge in [-0.15, -0.1) is 11.8 Å². The molecule has 0 aromatic heterocycles. The van der Waals surface area contributed by atoms with E-state index in [9.17, 15) is 9.59 Å². The molecule has 176 valence electrons. The fraction of sp³-hybridized carbons (Fsp3) is 0.481. The molecule has 0 saturated carbocycles. The Morgan fingerprint density at radius 1 is 1.00 bits per heavy atom. The number of nitrogens with one attached hydrogen (secondary N) is 1. The maximum absolute atomic E-state index is 13.3. The number of thioether (sulfide) groups is 1. The number of hydrogen-bond acceptors (Lipinski definition) is 4. The Labute approximate surface area is 201 Å². The van der Waals surface area contributed by atoms with Crippen molar-refractivity contribution in [2.24, 2.45) is 0 Å². The van der Waals surface area contributed by atoms with Gasteiger partial charge < -0.3 is 10.2 Å². The maximum atomic E-state index is 13.3. The summed E-state index contributed by atoms with van der Waals surface area (Å²) in [4.78, 5) is 30.8. The van der Waals surface area contributed by atoms with Gasteiger partial charge in [-0.2, -0.15) is 0 Å². The van der Waals surface area contributed by atoms with Crippen molar-refractivity contribution < 1.29 is 9.59 Å². The lowest BCUT2D eigenvalue weighted by atomic mass is 10.0. The van der Waals surface area contributed by atoms with E-state index in [-0.39, 0.29) is 23.2 Å². The minimum Gasteiger partial charge on any atom is -0.351 e. The molecule has 2 fully saturated rings. The van der Waals surface area contributed by atoms with Crippen LogP contribution < -0.4 is 5.32 Å². The van der Waals surface area contributed by atoms with Gasteiger partial charge in [0.25, 0.3) is 0 Å². The summed E-state index contributed by atoms with van der Waals surface area (Å²) >= 11 is 1.70. The number of carbonyl (C=O) groups excluding carboxylic acids is 2. The van der Waals surface area contributed by atoms with Crippen LogP contribution in [-0.4, -0.2) is 52.5 Å².